The Bertz CT molecular complexity index is 846. The molecule has 0 aliphatic rings. The maximum Gasteiger partial charge on any atom is 0.257 e. The molecular formula is C20H20ClNO5. The third kappa shape index (κ3) is 5.49. The van der Waals surface area contributed by atoms with Gasteiger partial charge < -0.3 is 19.5 Å². The molecule has 0 bridgehead atoms. The quantitative estimate of drug-likeness (QED) is 0.553. The highest BCUT2D eigenvalue weighted by Gasteiger charge is 2.10. The van der Waals surface area contributed by atoms with Gasteiger partial charge in [0.1, 0.15) is 5.75 Å². The maximum atomic E-state index is 12.3. The number of ketones is 1. The van der Waals surface area contributed by atoms with Crippen molar-refractivity contribution in [3.05, 3.63) is 58.6 Å². The summed E-state index contributed by atoms with van der Waals surface area (Å²) in [5, 5.41) is 2.85. The second kappa shape index (κ2) is 9.64. The SMILES string of the molecule is CNC(=O)COc1ccc(C(=O)/C=C/c2cc(Cl)c(OC)c(OC)c2)cc1. The predicted octanol–water partition coefficient (Wildman–Crippen LogP) is 3.38. The van der Waals surface area contributed by atoms with Crippen molar-refractivity contribution >= 4 is 29.4 Å². The van der Waals surface area contributed by atoms with Crippen LogP contribution in [0.25, 0.3) is 6.08 Å². The van der Waals surface area contributed by atoms with Gasteiger partial charge in [-0.2, -0.15) is 0 Å². The number of nitrogens with one attached hydrogen (secondary N) is 1. The fraction of sp³-hybridized carbons (Fsp3) is 0.200. The number of rotatable bonds is 8. The van der Waals surface area contributed by atoms with Gasteiger partial charge in [0.05, 0.1) is 19.2 Å². The molecule has 0 unspecified atom stereocenters. The summed E-state index contributed by atoms with van der Waals surface area (Å²) in [6, 6.07) is 9.95. The molecule has 2 aromatic carbocycles. The van der Waals surface area contributed by atoms with Crippen LogP contribution in [0.3, 0.4) is 0 Å². The number of ether oxygens (including phenoxy) is 3. The number of benzene rings is 2. The molecule has 1 N–H and O–H groups in total. The Morgan fingerprint density at radius 1 is 1.11 bits per heavy atom. The summed E-state index contributed by atoms with van der Waals surface area (Å²) >= 11 is 6.16. The van der Waals surface area contributed by atoms with Gasteiger partial charge in [-0.1, -0.05) is 17.7 Å². The number of methoxy groups -OCH3 is 2. The first kappa shape index (κ1) is 20.3. The minimum absolute atomic E-state index is 0.0796. The highest BCUT2D eigenvalue weighted by atomic mass is 35.5. The minimum Gasteiger partial charge on any atom is -0.493 e. The Kier molecular flexibility index (Phi) is 7.25. The number of amides is 1. The molecule has 0 fully saturated rings. The number of carbonyl (C=O) groups is 2. The third-order valence-corrected chi connectivity index (χ3v) is 3.95. The first-order valence-electron chi connectivity index (χ1n) is 8.06. The van der Waals surface area contributed by atoms with E-state index in [2.05, 4.69) is 5.32 Å². The van der Waals surface area contributed by atoms with Gasteiger partial charge in [0.2, 0.25) is 0 Å². The van der Waals surface area contributed by atoms with Crippen LogP contribution in [0, 0.1) is 0 Å². The van der Waals surface area contributed by atoms with E-state index < -0.39 is 0 Å². The molecule has 7 heteroatoms. The number of halogens is 1. The summed E-state index contributed by atoms with van der Waals surface area (Å²) in [5.74, 6) is 1.01. The van der Waals surface area contributed by atoms with E-state index in [1.54, 1.807) is 42.5 Å². The van der Waals surface area contributed by atoms with Crippen molar-refractivity contribution in [2.24, 2.45) is 0 Å². The van der Waals surface area contributed by atoms with Crippen LogP contribution in [-0.4, -0.2) is 39.6 Å². The molecule has 27 heavy (non-hydrogen) atoms. The minimum atomic E-state index is -0.230. The molecule has 0 atom stereocenters. The van der Waals surface area contributed by atoms with Crippen LogP contribution >= 0.6 is 11.6 Å². The zero-order valence-electron chi connectivity index (χ0n) is 15.2. The van der Waals surface area contributed by atoms with Crippen molar-refractivity contribution in [3.8, 4) is 17.2 Å². The topological polar surface area (TPSA) is 73.9 Å². The molecule has 6 nitrogen and oxygen atoms in total. The van der Waals surface area contributed by atoms with Gasteiger partial charge in [-0.15, -0.1) is 0 Å². The number of allylic oxidation sites excluding steroid dienone is 1. The predicted molar refractivity (Wildman–Crippen MR) is 104 cm³/mol. The maximum absolute atomic E-state index is 12.3. The zero-order valence-corrected chi connectivity index (χ0v) is 16.0. The highest BCUT2D eigenvalue weighted by molar-refractivity contribution is 6.32. The summed E-state index contributed by atoms with van der Waals surface area (Å²) in [6.45, 7) is -0.0796. The van der Waals surface area contributed by atoms with Gasteiger partial charge in [-0.25, -0.2) is 0 Å². The molecule has 0 aromatic heterocycles. The molecule has 0 radical (unpaired) electrons. The molecule has 142 valence electrons. The summed E-state index contributed by atoms with van der Waals surface area (Å²) in [5.41, 5.74) is 1.20. The Morgan fingerprint density at radius 2 is 1.81 bits per heavy atom. The van der Waals surface area contributed by atoms with Crippen LogP contribution in [0.15, 0.2) is 42.5 Å². The summed E-state index contributed by atoms with van der Waals surface area (Å²) in [6.07, 6.45) is 3.09. The van der Waals surface area contributed by atoms with E-state index in [9.17, 15) is 9.59 Å². The van der Waals surface area contributed by atoms with Gasteiger partial charge in [0.25, 0.3) is 5.91 Å². The molecule has 0 aliphatic heterocycles. The van der Waals surface area contributed by atoms with Gasteiger partial charge in [-0.3, -0.25) is 9.59 Å². The van der Waals surface area contributed by atoms with Gasteiger partial charge in [0.15, 0.2) is 23.9 Å². The standard InChI is InChI=1S/C20H20ClNO5/c1-22-19(24)12-27-15-7-5-14(6-8-15)17(23)9-4-13-10-16(21)20(26-3)18(11-13)25-2/h4-11H,12H2,1-3H3,(H,22,24)/b9-4+. The summed E-state index contributed by atoms with van der Waals surface area (Å²) in [7, 11) is 4.55. The lowest BCUT2D eigenvalue weighted by molar-refractivity contribution is -0.122. The van der Waals surface area contributed by atoms with Crippen LogP contribution in [0.5, 0.6) is 17.2 Å². The van der Waals surface area contributed by atoms with Crippen LogP contribution in [0.4, 0.5) is 0 Å². The van der Waals surface area contributed by atoms with E-state index in [4.69, 9.17) is 25.8 Å². The van der Waals surface area contributed by atoms with Crippen molar-refractivity contribution in [3.63, 3.8) is 0 Å². The van der Waals surface area contributed by atoms with Crippen molar-refractivity contribution in [2.75, 3.05) is 27.9 Å². The lowest BCUT2D eigenvalue weighted by Crippen LogP contribution is -2.24. The highest BCUT2D eigenvalue weighted by Crippen LogP contribution is 2.36. The molecule has 2 rings (SSSR count). The smallest absolute Gasteiger partial charge is 0.257 e. The van der Waals surface area contributed by atoms with E-state index in [0.29, 0.717) is 33.4 Å². The number of hydrogen-bond acceptors (Lipinski definition) is 5. The Labute approximate surface area is 162 Å². The second-order valence-corrected chi connectivity index (χ2v) is 5.83. The first-order chi connectivity index (χ1) is 13.0. The third-order valence-electron chi connectivity index (χ3n) is 3.67. The van der Waals surface area contributed by atoms with E-state index in [0.717, 1.165) is 0 Å². The number of hydrogen-bond donors (Lipinski definition) is 1. The normalized spacial score (nSPS) is 10.5. The summed E-state index contributed by atoms with van der Waals surface area (Å²) in [4.78, 5) is 23.5. The van der Waals surface area contributed by atoms with Gasteiger partial charge in [0, 0.05) is 12.6 Å². The van der Waals surface area contributed by atoms with Crippen LogP contribution in [0.2, 0.25) is 5.02 Å². The lowest BCUT2D eigenvalue weighted by atomic mass is 10.1. The van der Waals surface area contributed by atoms with Crippen LogP contribution in [-0.2, 0) is 4.79 Å². The zero-order chi connectivity index (χ0) is 19.8. The van der Waals surface area contributed by atoms with Gasteiger partial charge in [-0.05, 0) is 48.0 Å². The van der Waals surface area contributed by atoms with Gasteiger partial charge >= 0.3 is 0 Å². The lowest BCUT2D eigenvalue weighted by Gasteiger charge is -2.10. The Morgan fingerprint density at radius 3 is 2.41 bits per heavy atom. The van der Waals surface area contributed by atoms with Crippen molar-refractivity contribution in [1.82, 2.24) is 5.32 Å². The van der Waals surface area contributed by atoms with Crippen molar-refractivity contribution in [1.29, 1.82) is 0 Å². The van der Waals surface area contributed by atoms with E-state index >= 15 is 0 Å². The van der Waals surface area contributed by atoms with Crippen molar-refractivity contribution < 1.29 is 23.8 Å². The largest absolute Gasteiger partial charge is 0.493 e. The average Bonchev–Trinajstić information content (AvgIpc) is 2.69. The molecule has 0 heterocycles. The van der Waals surface area contributed by atoms with E-state index in [1.165, 1.54) is 27.3 Å². The fourth-order valence-electron chi connectivity index (χ4n) is 2.24. The fourth-order valence-corrected chi connectivity index (χ4v) is 2.53. The van der Waals surface area contributed by atoms with E-state index in [-0.39, 0.29) is 18.3 Å². The molecule has 0 spiro atoms. The monoisotopic (exact) mass is 389 g/mol. The Hall–Kier alpha value is -2.99. The number of carbonyl (C=O) groups excluding carboxylic acids is 2. The summed E-state index contributed by atoms with van der Waals surface area (Å²) < 4.78 is 15.7. The second-order valence-electron chi connectivity index (χ2n) is 5.42. The van der Waals surface area contributed by atoms with Crippen molar-refractivity contribution in [2.45, 2.75) is 0 Å². The van der Waals surface area contributed by atoms with E-state index in [1.807, 2.05) is 0 Å². The molecule has 1 amide bonds. The molecular weight excluding hydrogens is 370 g/mol. The number of likely N-dealkylation sites (N-methyl/N-ethyl adjacent to an activating group) is 1. The molecule has 0 saturated heterocycles. The average molecular weight is 390 g/mol. The first-order valence-corrected chi connectivity index (χ1v) is 8.43. The molecule has 0 aliphatic carbocycles. The Balaban J connectivity index is 2.08. The molecule has 0 saturated carbocycles. The van der Waals surface area contributed by atoms with Crippen LogP contribution in [0.1, 0.15) is 15.9 Å². The molecule has 2 aromatic rings. The van der Waals surface area contributed by atoms with Crippen LogP contribution < -0.4 is 19.5 Å².